The first-order valence-corrected chi connectivity index (χ1v) is 6.42. The number of alkyl halides is 3. The van der Waals surface area contributed by atoms with Crippen LogP contribution in [0.1, 0.15) is 5.56 Å². The van der Waals surface area contributed by atoms with Crippen molar-refractivity contribution in [2.75, 3.05) is 0 Å². The van der Waals surface area contributed by atoms with Crippen LogP contribution in [-0.2, 0) is 3.79 Å². The van der Waals surface area contributed by atoms with Crippen LogP contribution in [0.15, 0.2) is 48.5 Å². The Kier molecular flexibility index (Phi) is 3.89. The molecule has 0 heterocycles. The van der Waals surface area contributed by atoms with Gasteiger partial charge in [0.05, 0.1) is 0 Å². The molecule has 0 nitrogen and oxygen atoms in total. The maximum Gasteiger partial charge on any atom is 0.216 e. The molecule has 2 rings (SSSR count). The lowest BCUT2D eigenvalue weighted by atomic mass is 10.0. The van der Waals surface area contributed by atoms with Gasteiger partial charge in [0, 0.05) is 16.1 Å². The van der Waals surface area contributed by atoms with Gasteiger partial charge in [-0.1, -0.05) is 88.9 Å². The van der Waals surface area contributed by atoms with Crippen molar-refractivity contribution in [2.45, 2.75) is 3.79 Å². The fourth-order valence-corrected chi connectivity index (χ4v) is 2.38. The van der Waals surface area contributed by atoms with E-state index in [9.17, 15) is 0 Å². The third-order valence-electron chi connectivity index (χ3n) is 2.40. The summed E-state index contributed by atoms with van der Waals surface area (Å²) in [6.45, 7) is 0. The molecule has 2 aromatic rings. The molecular formula is C13H8Cl4. The largest absolute Gasteiger partial charge is 0.216 e. The van der Waals surface area contributed by atoms with E-state index < -0.39 is 3.79 Å². The van der Waals surface area contributed by atoms with Gasteiger partial charge in [-0.25, -0.2) is 0 Å². The normalized spacial score (nSPS) is 11.5. The lowest BCUT2D eigenvalue weighted by molar-refractivity contribution is 1.24. The van der Waals surface area contributed by atoms with E-state index in [1.807, 2.05) is 42.5 Å². The fourth-order valence-electron chi connectivity index (χ4n) is 1.64. The predicted octanol–water partition coefficient (Wildman–Crippen LogP) is 5.83. The molecule has 0 aliphatic carbocycles. The second-order valence-corrected chi connectivity index (χ2v) is 6.21. The third-order valence-corrected chi connectivity index (χ3v) is 3.34. The van der Waals surface area contributed by atoms with Crippen LogP contribution in [0.3, 0.4) is 0 Å². The summed E-state index contributed by atoms with van der Waals surface area (Å²) in [4.78, 5) is 0. The number of rotatable bonds is 1. The van der Waals surface area contributed by atoms with Crippen molar-refractivity contribution in [3.05, 3.63) is 59.1 Å². The van der Waals surface area contributed by atoms with E-state index in [0.29, 0.717) is 10.6 Å². The molecule has 0 bridgehead atoms. The van der Waals surface area contributed by atoms with Crippen molar-refractivity contribution >= 4 is 46.4 Å². The zero-order chi connectivity index (χ0) is 12.5. The van der Waals surface area contributed by atoms with Crippen LogP contribution in [0, 0.1) is 0 Å². The van der Waals surface area contributed by atoms with Gasteiger partial charge < -0.3 is 0 Å². The second kappa shape index (κ2) is 5.07. The Morgan fingerprint density at radius 2 is 1.24 bits per heavy atom. The van der Waals surface area contributed by atoms with E-state index in [-0.39, 0.29) is 0 Å². The molecule has 88 valence electrons. The molecule has 0 radical (unpaired) electrons. The van der Waals surface area contributed by atoms with Crippen LogP contribution in [0.25, 0.3) is 11.1 Å². The molecule has 0 unspecified atom stereocenters. The van der Waals surface area contributed by atoms with Gasteiger partial charge in [-0.05, 0) is 11.6 Å². The molecule has 0 atom stereocenters. The average Bonchev–Trinajstić information content (AvgIpc) is 2.28. The van der Waals surface area contributed by atoms with Crippen LogP contribution < -0.4 is 0 Å². The second-order valence-electron chi connectivity index (χ2n) is 3.52. The van der Waals surface area contributed by atoms with Gasteiger partial charge in [0.25, 0.3) is 0 Å². The average molecular weight is 306 g/mol. The summed E-state index contributed by atoms with van der Waals surface area (Å²) >= 11 is 24.0. The molecule has 0 spiro atoms. The quantitative estimate of drug-likeness (QED) is 0.581. The van der Waals surface area contributed by atoms with Gasteiger partial charge in [-0.2, -0.15) is 0 Å². The maximum atomic E-state index is 6.15. The highest BCUT2D eigenvalue weighted by molar-refractivity contribution is 6.67. The Hall–Kier alpha value is -0.400. The molecule has 17 heavy (non-hydrogen) atoms. The Labute approximate surface area is 120 Å². The molecule has 2 aromatic carbocycles. The van der Waals surface area contributed by atoms with Gasteiger partial charge in [-0.3, -0.25) is 0 Å². The number of hydrogen-bond donors (Lipinski definition) is 0. The lowest BCUT2D eigenvalue weighted by Crippen LogP contribution is -2.02. The van der Waals surface area contributed by atoms with E-state index in [4.69, 9.17) is 46.4 Å². The van der Waals surface area contributed by atoms with Crippen molar-refractivity contribution in [3.8, 4) is 11.1 Å². The molecule has 0 saturated heterocycles. The molecule has 0 N–H and O–H groups in total. The van der Waals surface area contributed by atoms with Crippen LogP contribution in [0.4, 0.5) is 0 Å². The number of hydrogen-bond acceptors (Lipinski definition) is 0. The van der Waals surface area contributed by atoms with Gasteiger partial charge in [0.15, 0.2) is 0 Å². The van der Waals surface area contributed by atoms with Gasteiger partial charge >= 0.3 is 0 Å². The first-order chi connectivity index (χ1) is 8.00. The summed E-state index contributed by atoms with van der Waals surface area (Å²) in [7, 11) is 0. The Balaban J connectivity index is 2.65. The first-order valence-electron chi connectivity index (χ1n) is 4.91. The summed E-state index contributed by atoms with van der Waals surface area (Å²) in [5.41, 5.74) is 2.31. The topological polar surface area (TPSA) is 0 Å². The highest BCUT2D eigenvalue weighted by Crippen LogP contribution is 2.44. The summed E-state index contributed by atoms with van der Waals surface area (Å²) in [5.74, 6) is 0. The van der Waals surface area contributed by atoms with Crippen molar-refractivity contribution in [1.82, 2.24) is 0 Å². The van der Waals surface area contributed by atoms with Gasteiger partial charge in [0.1, 0.15) is 0 Å². The summed E-state index contributed by atoms with van der Waals surface area (Å²) < 4.78 is -1.46. The zero-order valence-corrected chi connectivity index (χ0v) is 11.7. The predicted molar refractivity (Wildman–Crippen MR) is 76.1 cm³/mol. The van der Waals surface area contributed by atoms with Crippen LogP contribution >= 0.6 is 46.4 Å². The molecule has 0 amide bonds. The molecule has 0 fully saturated rings. The molecular weight excluding hydrogens is 298 g/mol. The van der Waals surface area contributed by atoms with E-state index in [1.165, 1.54) is 0 Å². The van der Waals surface area contributed by atoms with Crippen molar-refractivity contribution in [2.24, 2.45) is 0 Å². The maximum absolute atomic E-state index is 6.15. The van der Waals surface area contributed by atoms with Crippen molar-refractivity contribution in [1.29, 1.82) is 0 Å². The fraction of sp³-hybridized carbons (Fsp3) is 0.0769. The summed E-state index contributed by atoms with van der Waals surface area (Å²) in [5, 5.41) is 0.634. The third kappa shape index (κ3) is 2.89. The minimum absolute atomic E-state index is 0.623. The molecule has 0 aromatic heterocycles. The minimum Gasteiger partial charge on any atom is -0.0837 e. The van der Waals surface area contributed by atoms with Crippen LogP contribution in [0.2, 0.25) is 5.02 Å². The smallest absolute Gasteiger partial charge is 0.0837 e. The Bertz CT molecular complexity index is 529. The van der Waals surface area contributed by atoms with Gasteiger partial charge in [-0.15, -0.1) is 0 Å². The molecule has 0 saturated carbocycles. The van der Waals surface area contributed by atoms with Gasteiger partial charge in [0.2, 0.25) is 3.79 Å². The highest BCUT2D eigenvalue weighted by atomic mass is 35.6. The molecule has 4 heteroatoms. The van der Waals surface area contributed by atoms with E-state index in [0.717, 1.165) is 11.1 Å². The SMILES string of the molecule is Clc1ccccc1-c1ccccc1C(Cl)(Cl)Cl. The standard InChI is InChI=1S/C13H8Cl4/c14-12-8-4-2-6-10(12)9-5-1-3-7-11(9)13(15,16)17/h1-8H. The minimum atomic E-state index is -1.46. The lowest BCUT2D eigenvalue weighted by Gasteiger charge is -2.17. The van der Waals surface area contributed by atoms with E-state index >= 15 is 0 Å². The molecule has 0 aliphatic heterocycles. The first kappa shape index (κ1) is 13.0. The van der Waals surface area contributed by atoms with Crippen molar-refractivity contribution in [3.63, 3.8) is 0 Å². The van der Waals surface area contributed by atoms with Crippen LogP contribution in [0.5, 0.6) is 0 Å². The monoisotopic (exact) mass is 304 g/mol. The highest BCUT2D eigenvalue weighted by Gasteiger charge is 2.26. The molecule has 0 aliphatic rings. The Morgan fingerprint density at radius 1 is 0.706 bits per heavy atom. The van der Waals surface area contributed by atoms with E-state index in [2.05, 4.69) is 0 Å². The van der Waals surface area contributed by atoms with Crippen molar-refractivity contribution < 1.29 is 0 Å². The zero-order valence-electron chi connectivity index (χ0n) is 8.63. The number of halogens is 4. The summed E-state index contributed by atoms with van der Waals surface area (Å²) in [6, 6.07) is 14.9. The van der Waals surface area contributed by atoms with Crippen LogP contribution in [-0.4, -0.2) is 0 Å². The number of benzene rings is 2. The summed E-state index contributed by atoms with van der Waals surface area (Å²) in [6.07, 6.45) is 0. The Morgan fingerprint density at radius 3 is 1.82 bits per heavy atom. The van der Waals surface area contributed by atoms with E-state index in [1.54, 1.807) is 6.07 Å².